The third-order valence-electron chi connectivity index (χ3n) is 4.21. The Kier molecular flexibility index (Phi) is 11.5. The number of nitrogens with one attached hydrogen (secondary N) is 2. The van der Waals surface area contributed by atoms with Gasteiger partial charge < -0.3 is 10.3 Å². The van der Waals surface area contributed by atoms with Crippen molar-refractivity contribution < 1.29 is 1.43 Å². The summed E-state index contributed by atoms with van der Waals surface area (Å²) in [6, 6.07) is 14.4. The lowest BCUT2D eigenvalue weighted by molar-refractivity contribution is 0.554. The number of nitrogens with zero attached hydrogens (tertiary/aromatic N) is 2. The van der Waals surface area contributed by atoms with Gasteiger partial charge in [-0.15, -0.1) is 0 Å². The van der Waals surface area contributed by atoms with Crippen LogP contribution in [0.15, 0.2) is 54.9 Å². The highest BCUT2D eigenvalue weighted by atomic mass is 15.0. The summed E-state index contributed by atoms with van der Waals surface area (Å²) < 4.78 is 0. The lowest BCUT2D eigenvalue weighted by atomic mass is 10.0. The Morgan fingerprint density at radius 1 is 0.964 bits per heavy atom. The topological polar surface area (TPSA) is 53.6 Å². The summed E-state index contributed by atoms with van der Waals surface area (Å²) in [5, 5.41) is 3.29. The number of H-pyrrole nitrogens is 1. The maximum atomic E-state index is 4.98. The minimum Gasteiger partial charge on any atom is -0.341 e. The number of aromatic nitrogens is 3. The normalized spacial score (nSPS) is 10.9. The number of hydrogen-bond acceptors (Lipinski definition) is 3. The molecule has 0 bridgehead atoms. The Labute approximate surface area is 172 Å². The van der Waals surface area contributed by atoms with Crippen molar-refractivity contribution in [2.75, 3.05) is 13.6 Å². The van der Waals surface area contributed by atoms with Crippen molar-refractivity contribution in [1.82, 2.24) is 20.3 Å². The molecule has 0 aliphatic rings. The SMILES string of the molecule is CC.CC.CCCC(CNC)c1nc(-c2ccccc2)c(-c2ccncc2)[nH]1.[HH]. The van der Waals surface area contributed by atoms with Crippen LogP contribution in [0.5, 0.6) is 0 Å². The molecule has 1 atom stereocenters. The van der Waals surface area contributed by atoms with Crippen molar-refractivity contribution in [2.24, 2.45) is 0 Å². The van der Waals surface area contributed by atoms with Crippen LogP contribution in [0.2, 0.25) is 0 Å². The number of aromatic amines is 1. The first-order chi connectivity index (χ1) is 13.8. The molecular weight excluding hydrogens is 344 g/mol. The summed E-state index contributed by atoms with van der Waals surface area (Å²) in [6.45, 7) is 11.1. The van der Waals surface area contributed by atoms with Crippen LogP contribution >= 0.6 is 0 Å². The Balaban J connectivity index is 0.00000148. The van der Waals surface area contributed by atoms with Gasteiger partial charge in [0.05, 0.1) is 11.4 Å². The number of rotatable bonds is 7. The highest BCUT2D eigenvalue weighted by Gasteiger charge is 2.19. The van der Waals surface area contributed by atoms with E-state index in [1.54, 1.807) is 0 Å². The Bertz CT molecular complexity index is 694. The van der Waals surface area contributed by atoms with Crippen molar-refractivity contribution in [2.45, 2.75) is 53.4 Å². The van der Waals surface area contributed by atoms with Crippen LogP contribution in [0.1, 0.15) is 60.6 Å². The predicted molar refractivity (Wildman–Crippen MR) is 124 cm³/mol. The number of imidazole rings is 1. The smallest absolute Gasteiger partial charge is 0.111 e. The highest BCUT2D eigenvalue weighted by Crippen LogP contribution is 2.32. The molecule has 4 heteroatoms. The maximum absolute atomic E-state index is 4.98. The zero-order valence-corrected chi connectivity index (χ0v) is 18.3. The van der Waals surface area contributed by atoms with Gasteiger partial charge >= 0.3 is 0 Å². The van der Waals surface area contributed by atoms with Gasteiger partial charge in [-0.2, -0.15) is 0 Å². The zero-order chi connectivity index (χ0) is 20.8. The van der Waals surface area contributed by atoms with E-state index >= 15 is 0 Å². The lowest BCUT2D eigenvalue weighted by Crippen LogP contribution is -2.18. The largest absolute Gasteiger partial charge is 0.341 e. The van der Waals surface area contributed by atoms with E-state index in [9.17, 15) is 0 Å². The molecule has 4 nitrogen and oxygen atoms in total. The van der Waals surface area contributed by atoms with Crippen LogP contribution in [0.4, 0.5) is 0 Å². The standard InChI is InChI=1S/C20H24N4.2C2H6.H2/c1-3-7-17(14-21-2)20-23-18(15-8-5-4-6-9-15)19(24-20)16-10-12-22-13-11-16;2*1-2;/h4-6,8-13,17,21H,3,7,14H2,1-2H3,(H,23,24);2*1-2H3;1H. The van der Waals surface area contributed by atoms with Crippen LogP contribution in [-0.2, 0) is 0 Å². The molecule has 0 amide bonds. The van der Waals surface area contributed by atoms with Crippen LogP contribution in [0, 0.1) is 0 Å². The van der Waals surface area contributed by atoms with Gasteiger partial charge in [0.25, 0.3) is 0 Å². The van der Waals surface area contributed by atoms with E-state index in [0.717, 1.165) is 47.7 Å². The molecule has 2 N–H and O–H groups in total. The van der Waals surface area contributed by atoms with Gasteiger partial charge in [-0.05, 0) is 25.6 Å². The molecule has 0 fully saturated rings. The quantitative estimate of drug-likeness (QED) is 0.488. The molecule has 0 radical (unpaired) electrons. The summed E-state index contributed by atoms with van der Waals surface area (Å²) in [6.07, 6.45) is 5.89. The molecule has 0 aliphatic heterocycles. The van der Waals surface area contributed by atoms with Crippen LogP contribution in [0.3, 0.4) is 0 Å². The molecule has 0 aliphatic carbocycles. The van der Waals surface area contributed by atoms with Crippen molar-refractivity contribution >= 4 is 0 Å². The first-order valence-electron chi connectivity index (χ1n) is 10.5. The average Bonchev–Trinajstić information content (AvgIpc) is 3.23. The first-order valence-corrected chi connectivity index (χ1v) is 10.5. The number of likely N-dealkylation sites (N-methyl/N-ethyl adjacent to an activating group) is 1. The van der Waals surface area contributed by atoms with Crippen LogP contribution in [0.25, 0.3) is 22.5 Å². The third-order valence-corrected chi connectivity index (χ3v) is 4.21. The van der Waals surface area contributed by atoms with E-state index < -0.39 is 0 Å². The molecule has 0 saturated heterocycles. The monoisotopic (exact) mass is 382 g/mol. The van der Waals surface area contributed by atoms with E-state index in [4.69, 9.17) is 4.98 Å². The fraction of sp³-hybridized carbons (Fsp3) is 0.417. The van der Waals surface area contributed by atoms with E-state index in [-0.39, 0.29) is 1.43 Å². The summed E-state index contributed by atoms with van der Waals surface area (Å²) >= 11 is 0. The Hall–Kier alpha value is -2.46. The Morgan fingerprint density at radius 3 is 2.18 bits per heavy atom. The van der Waals surface area contributed by atoms with E-state index in [1.165, 1.54) is 0 Å². The minimum atomic E-state index is 0. The summed E-state index contributed by atoms with van der Waals surface area (Å²) in [7, 11) is 1.99. The van der Waals surface area contributed by atoms with E-state index in [1.807, 2.05) is 65.3 Å². The number of hydrogen-bond donors (Lipinski definition) is 2. The minimum absolute atomic E-state index is 0. The molecular formula is C24H38N4. The fourth-order valence-corrected chi connectivity index (χ4v) is 3.05. The van der Waals surface area contributed by atoms with E-state index in [2.05, 4.69) is 46.5 Å². The van der Waals surface area contributed by atoms with Gasteiger partial charge in [-0.3, -0.25) is 4.98 Å². The molecule has 0 spiro atoms. The van der Waals surface area contributed by atoms with Gasteiger partial charge in [0.1, 0.15) is 5.82 Å². The number of benzene rings is 1. The molecule has 1 unspecified atom stereocenters. The molecule has 3 rings (SSSR count). The molecule has 0 saturated carbocycles. The first kappa shape index (κ1) is 23.6. The molecule has 28 heavy (non-hydrogen) atoms. The van der Waals surface area contributed by atoms with Crippen molar-refractivity contribution in [3.05, 3.63) is 60.7 Å². The summed E-state index contributed by atoms with van der Waals surface area (Å²) in [5.74, 6) is 1.44. The summed E-state index contributed by atoms with van der Waals surface area (Å²) in [5.41, 5.74) is 4.32. The second-order valence-corrected chi connectivity index (χ2v) is 5.99. The van der Waals surface area contributed by atoms with Crippen molar-refractivity contribution in [3.63, 3.8) is 0 Å². The van der Waals surface area contributed by atoms with E-state index in [0.29, 0.717) is 5.92 Å². The third kappa shape index (κ3) is 6.31. The Morgan fingerprint density at radius 2 is 1.61 bits per heavy atom. The van der Waals surface area contributed by atoms with Crippen molar-refractivity contribution in [3.8, 4) is 22.5 Å². The molecule has 3 aromatic rings. The maximum Gasteiger partial charge on any atom is 0.111 e. The molecule has 2 aromatic heterocycles. The summed E-state index contributed by atoms with van der Waals surface area (Å²) in [4.78, 5) is 12.7. The zero-order valence-electron chi connectivity index (χ0n) is 18.3. The predicted octanol–water partition coefficient (Wildman–Crippen LogP) is 6.54. The van der Waals surface area contributed by atoms with Crippen LogP contribution in [-0.4, -0.2) is 28.5 Å². The van der Waals surface area contributed by atoms with Crippen molar-refractivity contribution in [1.29, 1.82) is 0 Å². The second-order valence-electron chi connectivity index (χ2n) is 5.99. The molecule has 2 heterocycles. The highest BCUT2D eigenvalue weighted by molar-refractivity contribution is 5.78. The van der Waals surface area contributed by atoms with Gasteiger partial charge in [0.15, 0.2) is 0 Å². The van der Waals surface area contributed by atoms with Gasteiger partial charge in [-0.25, -0.2) is 4.98 Å². The lowest BCUT2D eigenvalue weighted by Gasteiger charge is -2.12. The van der Waals surface area contributed by atoms with Gasteiger partial charge in [0, 0.05) is 37.4 Å². The molecule has 154 valence electrons. The second kappa shape index (κ2) is 13.7. The van der Waals surface area contributed by atoms with Crippen LogP contribution < -0.4 is 5.32 Å². The number of pyridine rings is 1. The average molecular weight is 383 g/mol. The van der Waals surface area contributed by atoms with Gasteiger partial charge in [0.2, 0.25) is 0 Å². The molecule has 1 aromatic carbocycles. The fourth-order valence-electron chi connectivity index (χ4n) is 3.05. The van der Waals surface area contributed by atoms with Gasteiger partial charge in [-0.1, -0.05) is 71.4 Å².